The number of nitrogens with zero attached hydrogens (tertiary/aromatic N) is 2. The third-order valence-electron chi connectivity index (χ3n) is 5.11. The number of likely N-dealkylation sites (tertiary alicyclic amines) is 1. The summed E-state index contributed by atoms with van der Waals surface area (Å²) in [6.07, 6.45) is 2.44. The first kappa shape index (κ1) is 20.2. The zero-order valence-electron chi connectivity index (χ0n) is 16.0. The molecular formula is C19H29N3O4S. The maximum atomic E-state index is 12.7. The standard InChI is InChI=1S/C19H29N3O4S/c1-12(2)9-15(20-17(24)13-4-7-26-8-5-13)18-21-16(11-27-18)19(25)22-6-3-14(23)10-22/h11-15,23H,3-10H2,1-2H3,(H,20,24)/t14-,15+/m1/s1. The minimum absolute atomic E-state index is 0.0134. The van der Waals surface area contributed by atoms with Gasteiger partial charge >= 0.3 is 0 Å². The number of aromatic nitrogens is 1. The van der Waals surface area contributed by atoms with Gasteiger partial charge in [-0.1, -0.05) is 13.8 Å². The molecule has 2 atom stereocenters. The second-order valence-electron chi connectivity index (χ2n) is 7.84. The Hall–Kier alpha value is -1.51. The fourth-order valence-electron chi connectivity index (χ4n) is 3.58. The highest BCUT2D eigenvalue weighted by Crippen LogP contribution is 2.27. The van der Waals surface area contributed by atoms with Gasteiger partial charge < -0.3 is 20.1 Å². The van der Waals surface area contributed by atoms with Crippen LogP contribution in [-0.2, 0) is 9.53 Å². The maximum absolute atomic E-state index is 12.7. The third kappa shape index (κ3) is 5.27. The van der Waals surface area contributed by atoms with Crippen molar-refractivity contribution >= 4 is 23.2 Å². The topological polar surface area (TPSA) is 91.8 Å². The molecule has 2 amide bonds. The number of rotatable bonds is 6. The van der Waals surface area contributed by atoms with Crippen LogP contribution in [0.25, 0.3) is 0 Å². The first-order valence-corrected chi connectivity index (χ1v) is 10.6. The molecule has 2 N–H and O–H groups in total. The van der Waals surface area contributed by atoms with Crippen molar-refractivity contribution in [2.45, 2.75) is 51.7 Å². The number of hydrogen-bond donors (Lipinski definition) is 2. The first-order valence-electron chi connectivity index (χ1n) is 9.75. The molecule has 2 saturated heterocycles. The van der Waals surface area contributed by atoms with Crippen LogP contribution in [0.4, 0.5) is 0 Å². The smallest absolute Gasteiger partial charge is 0.273 e. The van der Waals surface area contributed by atoms with E-state index in [1.807, 2.05) is 0 Å². The second kappa shape index (κ2) is 9.12. The minimum atomic E-state index is -0.445. The van der Waals surface area contributed by atoms with E-state index in [4.69, 9.17) is 4.74 Å². The molecule has 150 valence electrons. The Morgan fingerprint density at radius 2 is 2.11 bits per heavy atom. The molecule has 0 bridgehead atoms. The van der Waals surface area contributed by atoms with Crippen molar-refractivity contribution in [1.29, 1.82) is 0 Å². The number of thiazole rings is 1. The zero-order chi connectivity index (χ0) is 19.4. The van der Waals surface area contributed by atoms with Gasteiger partial charge in [-0.25, -0.2) is 4.98 Å². The Morgan fingerprint density at radius 3 is 2.74 bits per heavy atom. The lowest BCUT2D eigenvalue weighted by Gasteiger charge is -2.25. The Kier molecular flexibility index (Phi) is 6.83. The van der Waals surface area contributed by atoms with Crippen LogP contribution in [0.15, 0.2) is 5.38 Å². The molecule has 2 aliphatic rings. The summed E-state index contributed by atoms with van der Waals surface area (Å²) in [5.41, 5.74) is 0.401. The zero-order valence-corrected chi connectivity index (χ0v) is 16.8. The van der Waals surface area contributed by atoms with Gasteiger partial charge in [-0.15, -0.1) is 11.3 Å². The van der Waals surface area contributed by atoms with E-state index in [1.165, 1.54) is 11.3 Å². The summed E-state index contributed by atoms with van der Waals surface area (Å²) in [7, 11) is 0. The Labute approximate surface area is 164 Å². The quantitative estimate of drug-likeness (QED) is 0.768. The highest BCUT2D eigenvalue weighted by molar-refractivity contribution is 7.09. The van der Waals surface area contributed by atoms with Crippen LogP contribution < -0.4 is 5.32 Å². The van der Waals surface area contributed by atoms with E-state index in [0.29, 0.717) is 44.3 Å². The maximum Gasteiger partial charge on any atom is 0.273 e. The van der Waals surface area contributed by atoms with E-state index in [1.54, 1.807) is 10.3 Å². The van der Waals surface area contributed by atoms with Crippen LogP contribution in [0.3, 0.4) is 0 Å². The lowest BCUT2D eigenvalue weighted by atomic mass is 9.97. The SMILES string of the molecule is CC(C)C[C@H](NC(=O)C1CCOCC1)c1nc(C(=O)N2CC[C@@H](O)C2)cs1. The number of β-amino-alcohol motifs (C(OH)–C–C–N with tert-alkyl or cyclic N) is 1. The van der Waals surface area contributed by atoms with Crippen molar-refractivity contribution in [3.05, 3.63) is 16.1 Å². The largest absolute Gasteiger partial charge is 0.391 e. The van der Waals surface area contributed by atoms with E-state index in [0.717, 1.165) is 24.3 Å². The molecule has 0 saturated carbocycles. The van der Waals surface area contributed by atoms with Gasteiger partial charge in [0, 0.05) is 37.6 Å². The van der Waals surface area contributed by atoms with Gasteiger partial charge in [-0.3, -0.25) is 9.59 Å². The minimum Gasteiger partial charge on any atom is -0.391 e. The fourth-order valence-corrected chi connectivity index (χ4v) is 4.43. The molecule has 0 unspecified atom stereocenters. The number of carbonyl (C=O) groups excluding carboxylic acids is 2. The van der Waals surface area contributed by atoms with Crippen molar-refractivity contribution in [3.8, 4) is 0 Å². The van der Waals surface area contributed by atoms with E-state index < -0.39 is 6.10 Å². The van der Waals surface area contributed by atoms with E-state index >= 15 is 0 Å². The molecule has 2 aliphatic heterocycles. The summed E-state index contributed by atoms with van der Waals surface area (Å²) in [4.78, 5) is 31.4. The molecule has 27 heavy (non-hydrogen) atoms. The van der Waals surface area contributed by atoms with E-state index in [2.05, 4.69) is 24.1 Å². The van der Waals surface area contributed by atoms with Gasteiger partial charge in [0.05, 0.1) is 12.1 Å². The van der Waals surface area contributed by atoms with Crippen molar-refractivity contribution in [2.24, 2.45) is 11.8 Å². The molecule has 3 heterocycles. The predicted octanol–water partition coefficient (Wildman–Crippen LogP) is 1.98. The number of aliphatic hydroxyl groups excluding tert-OH is 1. The van der Waals surface area contributed by atoms with Crippen LogP contribution in [0.2, 0.25) is 0 Å². The number of ether oxygens (including phenoxy) is 1. The van der Waals surface area contributed by atoms with Crippen molar-refractivity contribution in [2.75, 3.05) is 26.3 Å². The number of nitrogens with one attached hydrogen (secondary N) is 1. The summed E-state index contributed by atoms with van der Waals surface area (Å²) < 4.78 is 5.34. The second-order valence-corrected chi connectivity index (χ2v) is 8.73. The predicted molar refractivity (Wildman–Crippen MR) is 103 cm³/mol. The van der Waals surface area contributed by atoms with E-state index in [9.17, 15) is 14.7 Å². The Morgan fingerprint density at radius 1 is 1.37 bits per heavy atom. The summed E-state index contributed by atoms with van der Waals surface area (Å²) in [5.74, 6) is 0.283. The van der Waals surface area contributed by atoms with Crippen molar-refractivity contribution in [1.82, 2.24) is 15.2 Å². The van der Waals surface area contributed by atoms with Crippen LogP contribution in [-0.4, -0.2) is 59.2 Å². The molecule has 7 nitrogen and oxygen atoms in total. The number of carbonyl (C=O) groups is 2. The van der Waals surface area contributed by atoms with Crippen LogP contribution >= 0.6 is 11.3 Å². The van der Waals surface area contributed by atoms with Crippen molar-refractivity contribution in [3.63, 3.8) is 0 Å². The molecule has 0 radical (unpaired) electrons. The lowest BCUT2D eigenvalue weighted by molar-refractivity contribution is -0.128. The first-order chi connectivity index (χ1) is 12.9. The summed E-state index contributed by atoms with van der Waals surface area (Å²) in [6.45, 7) is 6.40. The molecule has 0 aromatic carbocycles. The number of aliphatic hydroxyl groups is 1. The molecular weight excluding hydrogens is 366 g/mol. The normalized spacial score (nSPS) is 22.2. The van der Waals surface area contributed by atoms with Crippen molar-refractivity contribution < 1.29 is 19.4 Å². The van der Waals surface area contributed by atoms with Gasteiger partial charge in [-0.2, -0.15) is 0 Å². The van der Waals surface area contributed by atoms with Gasteiger partial charge in [0.15, 0.2) is 0 Å². The Bertz CT molecular complexity index is 657. The molecule has 1 aromatic rings. The van der Waals surface area contributed by atoms with Gasteiger partial charge in [-0.05, 0) is 31.6 Å². The molecule has 8 heteroatoms. The summed E-state index contributed by atoms with van der Waals surface area (Å²) in [6, 6.07) is -0.184. The molecule has 0 aliphatic carbocycles. The highest BCUT2D eigenvalue weighted by atomic mass is 32.1. The van der Waals surface area contributed by atoms with Crippen LogP contribution in [0, 0.1) is 11.8 Å². The van der Waals surface area contributed by atoms with Crippen LogP contribution in [0.1, 0.15) is 61.1 Å². The highest BCUT2D eigenvalue weighted by Gasteiger charge is 2.29. The number of amides is 2. The van der Waals surface area contributed by atoms with Crippen LogP contribution in [0.5, 0.6) is 0 Å². The monoisotopic (exact) mass is 395 g/mol. The van der Waals surface area contributed by atoms with E-state index in [-0.39, 0.29) is 23.8 Å². The van der Waals surface area contributed by atoms with Gasteiger partial charge in [0.2, 0.25) is 5.91 Å². The van der Waals surface area contributed by atoms with Gasteiger partial charge in [0.1, 0.15) is 10.7 Å². The summed E-state index contributed by atoms with van der Waals surface area (Å²) >= 11 is 1.42. The molecule has 3 rings (SSSR count). The molecule has 1 aromatic heterocycles. The Balaban J connectivity index is 1.68. The molecule has 0 spiro atoms. The average molecular weight is 396 g/mol. The fraction of sp³-hybridized carbons (Fsp3) is 0.737. The number of hydrogen-bond acceptors (Lipinski definition) is 6. The third-order valence-corrected chi connectivity index (χ3v) is 6.06. The molecule has 2 fully saturated rings. The lowest BCUT2D eigenvalue weighted by Crippen LogP contribution is -2.37. The summed E-state index contributed by atoms with van der Waals surface area (Å²) in [5, 5.41) is 15.3. The van der Waals surface area contributed by atoms with Gasteiger partial charge in [0.25, 0.3) is 5.91 Å². The average Bonchev–Trinajstić information content (AvgIpc) is 3.30.